The van der Waals surface area contributed by atoms with E-state index in [4.69, 9.17) is 11.6 Å². The molecule has 0 bridgehead atoms. The lowest BCUT2D eigenvalue weighted by atomic mass is 10.0. The molecule has 1 heterocycles. The van der Waals surface area contributed by atoms with Gasteiger partial charge in [0.1, 0.15) is 0 Å². The number of hydrogen-bond donors (Lipinski definition) is 1. The van der Waals surface area contributed by atoms with Crippen molar-refractivity contribution in [2.75, 3.05) is 23.3 Å². The zero-order chi connectivity index (χ0) is 14.7. The first-order chi connectivity index (χ1) is 10.2. The van der Waals surface area contributed by atoms with E-state index < -0.39 is 0 Å². The molecule has 0 atom stereocenters. The highest BCUT2D eigenvalue weighted by Crippen LogP contribution is 2.26. The largest absolute Gasteiger partial charge is 0.381 e. The molecule has 0 aromatic heterocycles. The van der Waals surface area contributed by atoms with Crippen LogP contribution in [0.15, 0.2) is 48.5 Å². The van der Waals surface area contributed by atoms with Gasteiger partial charge in [-0.1, -0.05) is 29.8 Å². The SMILES string of the molecule is Clc1ccc(NC2CCN(c3ccccc3)CC2)c(I)c1. The standard InChI is InChI=1S/C17H18ClIN2/c18-13-6-7-17(16(19)12-13)20-14-8-10-21(11-9-14)15-4-2-1-3-5-15/h1-7,12,14,20H,8-11H2. The number of piperidine rings is 1. The van der Waals surface area contributed by atoms with Crippen LogP contribution in [0.5, 0.6) is 0 Å². The van der Waals surface area contributed by atoms with Gasteiger partial charge < -0.3 is 10.2 Å². The molecule has 0 spiro atoms. The van der Waals surface area contributed by atoms with E-state index in [0.717, 1.165) is 31.0 Å². The van der Waals surface area contributed by atoms with Gasteiger partial charge in [-0.3, -0.25) is 0 Å². The third-order valence-corrected chi connectivity index (χ3v) is 5.03. The second-order valence-corrected chi connectivity index (χ2v) is 6.96. The first-order valence-corrected chi connectivity index (χ1v) is 8.69. The molecule has 2 aromatic rings. The lowest BCUT2D eigenvalue weighted by molar-refractivity contribution is 0.526. The first-order valence-electron chi connectivity index (χ1n) is 7.24. The summed E-state index contributed by atoms with van der Waals surface area (Å²) < 4.78 is 1.19. The van der Waals surface area contributed by atoms with Gasteiger partial charge in [-0.25, -0.2) is 0 Å². The van der Waals surface area contributed by atoms with Crippen LogP contribution in [-0.2, 0) is 0 Å². The summed E-state index contributed by atoms with van der Waals surface area (Å²) >= 11 is 8.35. The number of halogens is 2. The number of anilines is 2. The summed E-state index contributed by atoms with van der Waals surface area (Å²) in [4.78, 5) is 2.46. The second-order valence-electron chi connectivity index (χ2n) is 5.37. The molecule has 2 nitrogen and oxygen atoms in total. The Morgan fingerprint density at radius 1 is 1.05 bits per heavy atom. The molecule has 0 amide bonds. The summed E-state index contributed by atoms with van der Waals surface area (Å²) in [5, 5.41) is 4.45. The molecule has 2 aromatic carbocycles. The van der Waals surface area contributed by atoms with Crippen molar-refractivity contribution >= 4 is 45.6 Å². The summed E-state index contributed by atoms with van der Waals surface area (Å²) in [6, 6.07) is 17.2. The molecular formula is C17H18ClIN2. The van der Waals surface area contributed by atoms with Crippen molar-refractivity contribution in [3.8, 4) is 0 Å². The van der Waals surface area contributed by atoms with Crippen molar-refractivity contribution in [1.82, 2.24) is 0 Å². The van der Waals surface area contributed by atoms with E-state index in [9.17, 15) is 0 Å². The van der Waals surface area contributed by atoms with Gasteiger partial charge in [-0.2, -0.15) is 0 Å². The van der Waals surface area contributed by atoms with Crippen LogP contribution in [0.3, 0.4) is 0 Å². The summed E-state index contributed by atoms with van der Waals surface area (Å²) in [7, 11) is 0. The van der Waals surface area contributed by atoms with E-state index in [2.05, 4.69) is 69.2 Å². The van der Waals surface area contributed by atoms with Crippen LogP contribution in [0.25, 0.3) is 0 Å². The van der Waals surface area contributed by atoms with E-state index in [1.165, 1.54) is 14.9 Å². The molecule has 4 heteroatoms. The van der Waals surface area contributed by atoms with Crippen molar-refractivity contribution in [1.29, 1.82) is 0 Å². The van der Waals surface area contributed by atoms with E-state index in [0.29, 0.717) is 6.04 Å². The van der Waals surface area contributed by atoms with Gasteiger partial charge in [0.15, 0.2) is 0 Å². The van der Waals surface area contributed by atoms with Crippen molar-refractivity contribution in [2.24, 2.45) is 0 Å². The highest BCUT2D eigenvalue weighted by atomic mass is 127. The Morgan fingerprint density at radius 3 is 2.43 bits per heavy atom. The normalized spacial score (nSPS) is 16.0. The topological polar surface area (TPSA) is 15.3 Å². The summed E-state index contributed by atoms with van der Waals surface area (Å²) in [5.74, 6) is 0. The molecule has 1 saturated heterocycles. The zero-order valence-corrected chi connectivity index (χ0v) is 14.6. The van der Waals surface area contributed by atoms with Crippen LogP contribution in [0, 0.1) is 3.57 Å². The highest BCUT2D eigenvalue weighted by molar-refractivity contribution is 14.1. The van der Waals surface area contributed by atoms with Crippen LogP contribution >= 0.6 is 34.2 Å². The summed E-state index contributed by atoms with van der Waals surface area (Å²) in [6.07, 6.45) is 2.32. The molecule has 110 valence electrons. The average Bonchev–Trinajstić information content (AvgIpc) is 2.52. The minimum atomic E-state index is 0.541. The van der Waals surface area contributed by atoms with E-state index in [-0.39, 0.29) is 0 Å². The van der Waals surface area contributed by atoms with Gasteiger partial charge in [-0.05, 0) is 65.8 Å². The maximum atomic E-state index is 6.01. The molecule has 0 aliphatic carbocycles. The van der Waals surface area contributed by atoms with Crippen molar-refractivity contribution in [2.45, 2.75) is 18.9 Å². The molecule has 0 unspecified atom stereocenters. The number of para-hydroxylation sites is 1. The van der Waals surface area contributed by atoms with Gasteiger partial charge in [0.05, 0.1) is 0 Å². The maximum Gasteiger partial charge on any atom is 0.0479 e. The molecule has 1 fully saturated rings. The number of nitrogens with zero attached hydrogens (tertiary/aromatic N) is 1. The van der Waals surface area contributed by atoms with Gasteiger partial charge >= 0.3 is 0 Å². The van der Waals surface area contributed by atoms with Crippen molar-refractivity contribution in [3.63, 3.8) is 0 Å². The quantitative estimate of drug-likeness (QED) is 0.712. The second kappa shape index (κ2) is 6.88. The predicted octanol–water partition coefficient (Wildman–Crippen LogP) is 5.03. The fourth-order valence-electron chi connectivity index (χ4n) is 2.75. The van der Waals surface area contributed by atoms with Crippen LogP contribution in [-0.4, -0.2) is 19.1 Å². The van der Waals surface area contributed by atoms with Crippen molar-refractivity contribution in [3.05, 3.63) is 57.1 Å². The third-order valence-electron chi connectivity index (χ3n) is 3.91. The molecule has 1 aliphatic heterocycles. The van der Waals surface area contributed by atoms with Crippen LogP contribution < -0.4 is 10.2 Å². The Bertz CT molecular complexity index is 595. The Kier molecular flexibility index (Phi) is 4.91. The Balaban J connectivity index is 1.59. The van der Waals surface area contributed by atoms with Crippen LogP contribution in [0.1, 0.15) is 12.8 Å². The minimum Gasteiger partial charge on any atom is -0.381 e. The number of benzene rings is 2. The molecule has 0 saturated carbocycles. The smallest absolute Gasteiger partial charge is 0.0479 e. The Hall–Kier alpha value is -0.940. The summed E-state index contributed by atoms with van der Waals surface area (Å²) in [6.45, 7) is 2.21. The van der Waals surface area contributed by atoms with Gasteiger partial charge in [0.25, 0.3) is 0 Å². The number of nitrogens with one attached hydrogen (secondary N) is 1. The molecule has 0 radical (unpaired) electrons. The zero-order valence-electron chi connectivity index (χ0n) is 11.7. The third kappa shape index (κ3) is 3.83. The van der Waals surface area contributed by atoms with Crippen molar-refractivity contribution < 1.29 is 0 Å². The Morgan fingerprint density at radius 2 is 1.76 bits per heavy atom. The van der Waals surface area contributed by atoms with Crippen LogP contribution in [0.4, 0.5) is 11.4 Å². The first kappa shape index (κ1) is 15.0. The van der Waals surface area contributed by atoms with E-state index in [1.807, 2.05) is 12.1 Å². The van der Waals surface area contributed by atoms with Gasteiger partial charge in [-0.15, -0.1) is 0 Å². The number of hydrogen-bond acceptors (Lipinski definition) is 2. The lowest BCUT2D eigenvalue weighted by Gasteiger charge is -2.34. The fourth-order valence-corrected chi connectivity index (χ4v) is 3.77. The van der Waals surface area contributed by atoms with E-state index in [1.54, 1.807) is 0 Å². The fraction of sp³-hybridized carbons (Fsp3) is 0.294. The van der Waals surface area contributed by atoms with Gasteiger partial charge in [0, 0.05) is 39.1 Å². The molecular weight excluding hydrogens is 395 g/mol. The number of rotatable bonds is 3. The molecule has 21 heavy (non-hydrogen) atoms. The molecule has 1 N–H and O–H groups in total. The molecule has 1 aliphatic rings. The predicted molar refractivity (Wildman–Crippen MR) is 99.5 cm³/mol. The maximum absolute atomic E-state index is 6.01. The summed E-state index contributed by atoms with van der Waals surface area (Å²) in [5.41, 5.74) is 2.52. The molecule has 3 rings (SSSR count). The van der Waals surface area contributed by atoms with Crippen LogP contribution in [0.2, 0.25) is 5.02 Å². The highest BCUT2D eigenvalue weighted by Gasteiger charge is 2.19. The monoisotopic (exact) mass is 412 g/mol. The van der Waals surface area contributed by atoms with E-state index >= 15 is 0 Å². The Labute approximate surface area is 144 Å². The average molecular weight is 413 g/mol. The lowest BCUT2D eigenvalue weighted by Crippen LogP contribution is -2.39. The minimum absolute atomic E-state index is 0.541. The van der Waals surface area contributed by atoms with Gasteiger partial charge in [0.2, 0.25) is 0 Å².